The molecule has 0 aliphatic carbocycles. The average Bonchev–Trinajstić information content (AvgIpc) is 2.89. The highest BCUT2D eigenvalue weighted by atomic mass is 16.5. The fraction of sp³-hybridized carbons (Fsp3) is 0.172. The lowest BCUT2D eigenvalue weighted by Crippen LogP contribution is -2.35. The van der Waals surface area contributed by atoms with E-state index in [9.17, 15) is 9.59 Å². The van der Waals surface area contributed by atoms with Crippen molar-refractivity contribution in [2.45, 2.75) is 19.8 Å². The van der Waals surface area contributed by atoms with Crippen molar-refractivity contribution in [3.63, 3.8) is 0 Å². The van der Waals surface area contributed by atoms with Crippen LogP contribution >= 0.6 is 0 Å². The summed E-state index contributed by atoms with van der Waals surface area (Å²) in [6.07, 6.45) is 0. The van der Waals surface area contributed by atoms with Crippen LogP contribution in [0.15, 0.2) is 107 Å². The Morgan fingerprint density at radius 3 is 1.74 bits per heavy atom. The number of methoxy groups -OCH3 is 2. The number of anilines is 1. The molecule has 0 unspecified atom stereocenters. The van der Waals surface area contributed by atoms with Crippen LogP contribution in [0.3, 0.4) is 0 Å². The summed E-state index contributed by atoms with van der Waals surface area (Å²) >= 11 is 0. The molecule has 0 saturated heterocycles. The van der Waals surface area contributed by atoms with Gasteiger partial charge in [0.15, 0.2) is 0 Å². The van der Waals surface area contributed by atoms with Crippen molar-refractivity contribution in [1.29, 1.82) is 0 Å². The van der Waals surface area contributed by atoms with E-state index in [4.69, 9.17) is 14.2 Å². The van der Waals surface area contributed by atoms with Crippen LogP contribution < -0.4 is 9.64 Å². The van der Waals surface area contributed by atoms with Gasteiger partial charge < -0.3 is 19.1 Å². The van der Waals surface area contributed by atoms with E-state index < -0.39 is 17.9 Å². The molecule has 4 rings (SSSR count). The van der Waals surface area contributed by atoms with Gasteiger partial charge in [-0.05, 0) is 55.8 Å². The van der Waals surface area contributed by atoms with Crippen LogP contribution in [0.2, 0.25) is 0 Å². The van der Waals surface area contributed by atoms with Gasteiger partial charge in [0.1, 0.15) is 11.5 Å². The zero-order valence-electron chi connectivity index (χ0n) is 20.1. The molecule has 0 saturated carbocycles. The number of hydrogen-bond donors (Lipinski definition) is 0. The van der Waals surface area contributed by atoms with Crippen LogP contribution in [0.1, 0.15) is 25.3 Å². The van der Waals surface area contributed by atoms with E-state index in [2.05, 4.69) is 0 Å². The molecular formula is C29H27NO5. The molecule has 6 heteroatoms. The van der Waals surface area contributed by atoms with Gasteiger partial charge in [0.05, 0.1) is 31.3 Å². The summed E-state index contributed by atoms with van der Waals surface area (Å²) < 4.78 is 16.4. The Morgan fingerprint density at radius 1 is 0.686 bits per heavy atom. The third-order valence-electron chi connectivity index (χ3n) is 6.02. The van der Waals surface area contributed by atoms with E-state index in [-0.39, 0.29) is 0 Å². The summed E-state index contributed by atoms with van der Waals surface area (Å²) in [7, 11) is 2.68. The second kappa shape index (κ2) is 10.3. The molecule has 0 radical (unpaired) electrons. The van der Waals surface area contributed by atoms with Gasteiger partial charge in [-0.1, -0.05) is 48.5 Å². The molecule has 0 bridgehead atoms. The smallest absolute Gasteiger partial charge is 0.336 e. The molecule has 6 nitrogen and oxygen atoms in total. The number of allylic oxidation sites excluding steroid dienone is 2. The van der Waals surface area contributed by atoms with Crippen LogP contribution in [0.4, 0.5) is 5.69 Å². The lowest BCUT2D eigenvalue weighted by atomic mass is 9.79. The molecule has 0 amide bonds. The SMILES string of the molecule is COC(=O)C1=C(C)N(c2ccccc2)C(C)=C(C(=O)OC)C1c1cccc(Oc2ccccc2)c1. The molecule has 0 N–H and O–H groups in total. The molecule has 178 valence electrons. The Labute approximate surface area is 205 Å². The van der Waals surface area contributed by atoms with Crippen LogP contribution in [0.5, 0.6) is 11.5 Å². The average molecular weight is 470 g/mol. The minimum atomic E-state index is -0.700. The van der Waals surface area contributed by atoms with Crippen molar-refractivity contribution < 1.29 is 23.8 Å². The quantitative estimate of drug-likeness (QED) is 0.414. The Balaban J connectivity index is 1.90. The van der Waals surface area contributed by atoms with Gasteiger partial charge >= 0.3 is 11.9 Å². The molecule has 0 atom stereocenters. The van der Waals surface area contributed by atoms with Crippen LogP contribution in [0.25, 0.3) is 0 Å². The number of carbonyl (C=O) groups excluding carboxylic acids is 2. The molecule has 1 heterocycles. The molecule has 1 aliphatic rings. The fourth-order valence-corrected chi connectivity index (χ4v) is 4.49. The van der Waals surface area contributed by atoms with Gasteiger partial charge in [0.2, 0.25) is 0 Å². The molecule has 1 aliphatic heterocycles. The van der Waals surface area contributed by atoms with Crippen molar-refractivity contribution in [1.82, 2.24) is 0 Å². The molecular weight excluding hydrogens is 442 g/mol. The minimum absolute atomic E-state index is 0.360. The highest BCUT2D eigenvalue weighted by molar-refractivity contribution is 6.01. The maximum atomic E-state index is 13.2. The maximum absolute atomic E-state index is 13.2. The monoisotopic (exact) mass is 469 g/mol. The summed E-state index contributed by atoms with van der Waals surface area (Å²) in [6.45, 7) is 3.71. The van der Waals surface area contributed by atoms with E-state index in [0.717, 1.165) is 5.69 Å². The number of hydrogen-bond acceptors (Lipinski definition) is 6. The number of para-hydroxylation sites is 2. The first-order chi connectivity index (χ1) is 17.0. The Morgan fingerprint density at radius 2 is 1.20 bits per heavy atom. The molecule has 3 aromatic carbocycles. The first kappa shape index (κ1) is 23.8. The van der Waals surface area contributed by atoms with E-state index in [1.165, 1.54) is 14.2 Å². The number of carbonyl (C=O) groups is 2. The summed E-state index contributed by atoms with van der Waals surface area (Å²) in [4.78, 5) is 28.2. The Kier molecular flexibility index (Phi) is 7.01. The Bertz CT molecular complexity index is 1250. The predicted molar refractivity (Wildman–Crippen MR) is 134 cm³/mol. The fourth-order valence-electron chi connectivity index (χ4n) is 4.49. The summed E-state index contributed by atoms with van der Waals surface area (Å²) in [5.74, 6) is -0.464. The highest BCUT2D eigenvalue weighted by Gasteiger charge is 2.40. The van der Waals surface area contributed by atoms with E-state index >= 15 is 0 Å². The second-order valence-corrected chi connectivity index (χ2v) is 8.07. The van der Waals surface area contributed by atoms with Gasteiger partial charge in [-0.15, -0.1) is 0 Å². The number of nitrogens with zero attached hydrogens (tertiary/aromatic N) is 1. The topological polar surface area (TPSA) is 65.1 Å². The Hall–Kier alpha value is -4.32. The zero-order valence-corrected chi connectivity index (χ0v) is 20.1. The van der Waals surface area contributed by atoms with Crippen LogP contribution in [-0.2, 0) is 19.1 Å². The summed E-state index contributed by atoms with van der Waals surface area (Å²) in [6, 6.07) is 26.4. The van der Waals surface area contributed by atoms with Crippen molar-refractivity contribution >= 4 is 17.6 Å². The highest BCUT2D eigenvalue weighted by Crippen LogP contribution is 2.45. The largest absolute Gasteiger partial charge is 0.466 e. The van der Waals surface area contributed by atoms with Gasteiger partial charge in [0, 0.05) is 17.1 Å². The van der Waals surface area contributed by atoms with Gasteiger partial charge in [-0.25, -0.2) is 9.59 Å². The normalized spacial score (nSPS) is 14.1. The number of benzene rings is 3. The standard InChI is InChI=1S/C29H27NO5/c1-19-25(28(31)33-3)27(21-12-11-17-24(18-21)35-23-15-9-6-10-16-23)26(29(32)34-4)20(2)30(19)22-13-7-5-8-14-22/h5-18,27H,1-4H3. The van der Waals surface area contributed by atoms with Crippen molar-refractivity contribution in [3.8, 4) is 11.5 Å². The number of esters is 2. The van der Waals surface area contributed by atoms with E-state index in [0.29, 0.717) is 39.6 Å². The third kappa shape index (κ3) is 4.68. The van der Waals surface area contributed by atoms with Crippen LogP contribution in [-0.4, -0.2) is 26.2 Å². The number of rotatable bonds is 6. The second-order valence-electron chi connectivity index (χ2n) is 8.07. The molecule has 35 heavy (non-hydrogen) atoms. The first-order valence-electron chi connectivity index (χ1n) is 11.2. The van der Waals surface area contributed by atoms with Gasteiger partial charge in [-0.3, -0.25) is 0 Å². The van der Waals surface area contributed by atoms with Crippen molar-refractivity contribution in [2.24, 2.45) is 0 Å². The molecule has 0 fully saturated rings. The molecule has 0 aromatic heterocycles. The van der Waals surface area contributed by atoms with Crippen LogP contribution in [0, 0.1) is 0 Å². The maximum Gasteiger partial charge on any atom is 0.336 e. The van der Waals surface area contributed by atoms with E-state index in [1.54, 1.807) is 0 Å². The zero-order chi connectivity index (χ0) is 24.9. The minimum Gasteiger partial charge on any atom is -0.466 e. The third-order valence-corrected chi connectivity index (χ3v) is 6.02. The van der Waals surface area contributed by atoms with E-state index in [1.807, 2.05) is 104 Å². The number of ether oxygens (including phenoxy) is 3. The first-order valence-corrected chi connectivity index (χ1v) is 11.2. The van der Waals surface area contributed by atoms with Crippen molar-refractivity contribution in [2.75, 3.05) is 19.1 Å². The molecule has 0 spiro atoms. The van der Waals surface area contributed by atoms with Gasteiger partial charge in [0.25, 0.3) is 0 Å². The predicted octanol–water partition coefficient (Wildman–Crippen LogP) is 5.98. The summed E-state index contributed by atoms with van der Waals surface area (Å²) in [5.41, 5.74) is 3.61. The lowest BCUT2D eigenvalue weighted by Gasteiger charge is -2.37. The summed E-state index contributed by atoms with van der Waals surface area (Å²) in [5, 5.41) is 0. The van der Waals surface area contributed by atoms with Crippen molar-refractivity contribution in [3.05, 3.63) is 113 Å². The molecule has 3 aromatic rings. The van der Waals surface area contributed by atoms with Gasteiger partial charge in [-0.2, -0.15) is 0 Å². The lowest BCUT2D eigenvalue weighted by molar-refractivity contribution is -0.137.